The Bertz CT molecular complexity index is 358. The molecule has 1 heterocycles. The SMILES string of the molecule is CCC(CC)(CN)C(=O)N(C)CCn1cccn1.Cl.Cl. The lowest BCUT2D eigenvalue weighted by atomic mass is 9.81. The largest absolute Gasteiger partial charge is 0.343 e. The topological polar surface area (TPSA) is 64.2 Å². The minimum atomic E-state index is -0.404. The third-order valence-electron chi connectivity index (χ3n) is 3.77. The van der Waals surface area contributed by atoms with E-state index in [2.05, 4.69) is 5.10 Å². The average molecular weight is 325 g/mol. The molecule has 0 bridgehead atoms. The maximum Gasteiger partial charge on any atom is 0.229 e. The number of carbonyl (C=O) groups is 1. The third-order valence-corrected chi connectivity index (χ3v) is 3.77. The first kappa shape index (κ1) is 21.5. The van der Waals surface area contributed by atoms with Gasteiger partial charge in [-0.25, -0.2) is 0 Å². The number of halogens is 2. The first-order valence-electron chi connectivity index (χ1n) is 6.52. The predicted octanol–water partition coefficient (Wildman–Crippen LogP) is 1.95. The van der Waals surface area contributed by atoms with E-state index in [9.17, 15) is 4.79 Å². The van der Waals surface area contributed by atoms with E-state index in [0.717, 1.165) is 12.8 Å². The highest BCUT2D eigenvalue weighted by molar-refractivity contribution is 5.85. The van der Waals surface area contributed by atoms with Crippen molar-refractivity contribution in [2.24, 2.45) is 11.1 Å². The van der Waals surface area contributed by atoms with Gasteiger partial charge in [-0.15, -0.1) is 24.8 Å². The standard InChI is InChI=1S/C13H24N4O.2ClH/c1-4-13(5-2,11-14)12(18)16(3)9-10-17-8-6-7-15-17;;/h6-8H,4-5,9-11,14H2,1-3H3;2*1H. The summed E-state index contributed by atoms with van der Waals surface area (Å²) in [6.07, 6.45) is 5.20. The minimum Gasteiger partial charge on any atom is -0.343 e. The van der Waals surface area contributed by atoms with Gasteiger partial charge in [-0.2, -0.15) is 5.10 Å². The number of rotatable bonds is 7. The summed E-state index contributed by atoms with van der Waals surface area (Å²) in [5, 5.41) is 4.12. The number of amides is 1. The molecule has 0 aromatic carbocycles. The Morgan fingerprint density at radius 2 is 1.95 bits per heavy atom. The van der Waals surface area contributed by atoms with Crippen LogP contribution in [0.3, 0.4) is 0 Å². The molecule has 0 aliphatic heterocycles. The number of nitrogens with zero attached hydrogens (tertiary/aromatic N) is 3. The molecule has 0 atom stereocenters. The molecule has 20 heavy (non-hydrogen) atoms. The second-order valence-corrected chi connectivity index (χ2v) is 4.69. The van der Waals surface area contributed by atoms with Gasteiger partial charge in [0, 0.05) is 32.5 Å². The van der Waals surface area contributed by atoms with Crippen LogP contribution in [0.25, 0.3) is 0 Å². The van der Waals surface area contributed by atoms with Gasteiger partial charge >= 0.3 is 0 Å². The van der Waals surface area contributed by atoms with Crippen molar-refractivity contribution in [1.82, 2.24) is 14.7 Å². The molecule has 118 valence electrons. The number of aromatic nitrogens is 2. The molecule has 5 nitrogen and oxygen atoms in total. The van der Waals surface area contributed by atoms with E-state index >= 15 is 0 Å². The highest BCUT2D eigenvalue weighted by atomic mass is 35.5. The molecule has 1 rings (SSSR count). The van der Waals surface area contributed by atoms with Gasteiger partial charge < -0.3 is 10.6 Å². The molecule has 0 fully saturated rings. The Kier molecular flexibility index (Phi) is 10.8. The van der Waals surface area contributed by atoms with Crippen LogP contribution >= 0.6 is 24.8 Å². The van der Waals surface area contributed by atoms with Crippen molar-refractivity contribution in [2.45, 2.75) is 33.2 Å². The maximum atomic E-state index is 12.4. The van der Waals surface area contributed by atoms with Crippen LogP contribution in [0.2, 0.25) is 0 Å². The van der Waals surface area contributed by atoms with Crippen LogP contribution in [0, 0.1) is 5.41 Å². The quantitative estimate of drug-likeness (QED) is 0.833. The first-order valence-corrected chi connectivity index (χ1v) is 6.52. The molecule has 0 radical (unpaired) electrons. The van der Waals surface area contributed by atoms with Gasteiger partial charge in [0.05, 0.1) is 12.0 Å². The van der Waals surface area contributed by atoms with Crippen molar-refractivity contribution < 1.29 is 4.79 Å². The van der Waals surface area contributed by atoms with Crippen LogP contribution in [0.4, 0.5) is 0 Å². The van der Waals surface area contributed by atoms with Crippen LogP contribution in [0.15, 0.2) is 18.5 Å². The lowest BCUT2D eigenvalue weighted by Crippen LogP contribution is -2.46. The highest BCUT2D eigenvalue weighted by Gasteiger charge is 2.35. The Morgan fingerprint density at radius 3 is 2.35 bits per heavy atom. The molecular formula is C13H26Cl2N4O. The third kappa shape index (κ3) is 4.96. The van der Waals surface area contributed by atoms with E-state index in [4.69, 9.17) is 5.73 Å². The van der Waals surface area contributed by atoms with Crippen molar-refractivity contribution in [1.29, 1.82) is 0 Å². The van der Waals surface area contributed by atoms with Gasteiger partial charge in [0.2, 0.25) is 5.91 Å². The summed E-state index contributed by atoms with van der Waals surface area (Å²) in [5.74, 6) is 0.141. The highest BCUT2D eigenvalue weighted by Crippen LogP contribution is 2.27. The van der Waals surface area contributed by atoms with Crippen molar-refractivity contribution >= 4 is 30.7 Å². The van der Waals surface area contributed by atoms with Gasteiger partial charge in [0.15, 0.2) is 0 Å². The van der Waals surface area contributed by atoms with Gasteiger partial charge in [-0.05, 0) is 18.9 Å². The van der Waals surface area contributed by atoms with E-state index < -0.39 is 5.41 Å². The van der Waals surface area contributed by atoms with Gasteiger partial charge in [0.25, 0.3) is 0 Å². The normalized spacial score (nSPS) is 10.4. The smallest absolute Gasteiger partial charge is 0.229 e. The molecule has 0 saturated carbocycles. The molecule has 0 aliphatic rings. The van der Waals surface area contributed by atoms with Crippen LogP contribution in [-0.2, 0) is 11.3 Å². The molecule has 0 aliphatic carbocycles. The maximum absolute atomic E-state index is 12.4. The van der Waals surface area contributed by atoms with Gasteiger partial charge in [0.1, 0.15) is 0 Å². The zero-order chi connectivity index (χ0) is 13.6. The fraction of sp³-hybridized carbons (Fsp3) is 0.692. The molecule has 0 unspecified atom stereocenters. The summed E-state index contributed by atoms with van der Waals surface area (Å²) in [6, 6.07) is 1.88. The predicted molar refractivity (Wildman–Crippen MR) is 86.4 cm³/mol. The lowest BCUT2D eigenvalue weighted by Gasteiger charge is -2.33. The Balaban J connectivity index is 0. The molecule has 1 aromatic rings. The fourth-order valence-corrected chi connectivity index (χ4v) is 2.12. The zero-order valence-corrected chi connectivity index (χ0v) is 14.0. The van der Waals surface area contributed by atoms with Crippen molar-refractivity contribution in [3.8, 4) is 0 Å². The van der Waals surface area contributed by atoms with Gasteiger partial charge in [-0.1, -0.05) is 13.8 Å². The van der Waals surface area contributed by atoms with Crippen LogP contribution in [0.5, 0.6) is 0 Å². The summed E-state index contributed by atoms with van der Waals surface area (Å²) >= 11 is 0. The van der Waals surface area contributed by atoms with Crippen LogP contribution in [-0.4, -0.2) is 40.7 Å². The molecule has 7 heteroatoms. The van der Waals surface area contributed by atoms with E-state index in [-0.39, 0.29) is 30.7 Å². The lowest BCUT2D eigenvalue weighted by molar-refractivity contribution is -0.140. The number of likely N-dealkylation sites (N-methyl/N-ethyl adjacent to an activating group) is 1. The van der Waals surface area contributed by atoms with Gasteiger partial charge in [-0.3, -0.25) is 9.48 Å². The van der Waals surface area contributed by atoms with Crippen LogP contribution in [0.1, 0.15) is 26.7 Å². The summed E-state index contributed by atoms with van der Waals surface area (Å²) in [7, 11) is 1.83. The molecular weight excluding hydrogens is 299 g/mol. The number of nitrogens with two attached hydrogens (primary N) is 1. The fourth-order valence-electron chi connectivity index (χ4n) is 2.12. The van der Waals surface area contributed by atoms with Crippen molar-refractivity contribution in [3.63, 3.8) is 0 Å². The Hall–Kier alpha value is -0.780. The number of hydrogen-bond donors (Lipinski definition) is 1. The molecule has 0 saturated heterocycles. The summed E-state index contributed by atoms with van der Waals surface area (Å²) < 4.78 is 1.83. The average Bonchev–Trinajstić information content (AvgIpc) is 2.91. The van der Waals surface area contributed by atoms with E-state index in [1.165, 1.54) is 0 Å². The zero-order valence-electron chi connectivity index (χ0n) is 12.4. The summed E-state index contributed by atoms with van der Waals surface area (Å²) in [6.45, 7) is 5.82. The molecule has 1 aromatic heterocycles. The van der Waals surface area contributed by atoms with E-state index in [1.807, 2.05) is 37.8 Å². The van der Waals surface area contributed by atoms with E-state index in [1.54, 1.807) is 11.1 Å². The summed E-state index contributed by atoms with van der Waals surface area (Å²) in [4.78, 5) is 14.2. The molecule has 1 amide bonds. The molecule has 0 spiro atoms. The first-order chi connectivity index (χ1) is 8.59. The monoisotopic (exact) mass is 324 g/mol. The Labute approximate surface area is 133 Å². The molecule has 2 N–H and O–H groups in total. The van der Waals surface area contributed by atoms with Crippen LogP contribution < -0.4 is 5.73 Å². The van der Waals surface area contributed by atoms with Crippen molar-refractivity contribution in [3.05, 3.63) is 18.5 Å². The number of hydrogen-bond acceptors (Lipinski definition) is 3. The van der Waals surface area contributed by atoms with E-state index in [0.29, 0.717) is 19.6 Å². The van der Waals surface area contributed by atoms with Crippen molar-refractivity contribution in [2.75, 3.05) is 20.1 Å². The summed E-state index contributed by atoms with van der Waals surface area (Å²) in [5.41, 5.74) is 5.39. The second kappa shape index (κ2) is 10.0. The minimum absolute atomic E-state index is 0. The Morgan fingerprint density at radius 1 is 1.35 bits per heavy atom. The number of carbonyl (C=O) groups excluding carboxylic acids is 1. The second-order valence-electron chi connectivity index (χ2n) is 4.69.